The van der Waals surface area contributed by atoms with Crippen molar-refractivity contribution < 1.29 is 9.47 Å². The Labute approximate surface area is 204 Å². The van der Waals surface area contributed by atoms with Crippen LogP contribution in [0.25, 0.3) is 0 Å². The van der Waals surface area contributed by atoms with Crippen LogP contribution in [0.5, 0.6) is 0 Å². The molecule has 3 aliphatic rings. The van der Waals surface area contributed by atoms with Gasteiger partial charge in [-0.05, 0) is 24.4 Å². The van der Waals surface area contributed by atoms with E-state index >= 15 is 0 Å². The van der Waals surface area contributed by atoms with Gasteiger partial charge < -0.3 is 29.9 Å². The van der Waals surface area contributed by atoms with Crippen molar-refractivity contribution in [3.63, 3.8) is 0 Å². The van der Waals surface area contributed by atoms with E-state index in [1.807, 2.05) is 6.07 Å². The van der Waals surface area contributed by atoms with Gasteiger partial charge in [0.25, 0.3) is 0 Å². The fourth-order valence-electron chi connectivity index (χ4n) is 4.54. The lowest BCUT2D eigenvalue weighted by Crippen LogP contribution is -2.51. The topological polar surface area (TPSA) is 104 Å². The second-order valence-electron chi connectivity index (χ2n) is 8.58. The Morgan fingerprint density at radius 3 is 2.38 bits per heavy atom. The van der Waals surface area contributed by atoms with Crippen LogP contribution >= 0.6 is 12.2 Å². The van der Waals surface area contributed by atoms with Crippen molar-refractivity contribution in [3.05, 3.63) is 48.4 Å². The second kappa shape index (κ2) is 10.1. The highest BCUT2D eigenvalue weighted by atomic mass is 32.1. The molecule has 34 heavy (non-hydrogen) atoms. The molecule has 3 fully saturated rings. The highest BCUT2D eigenvalue weighted by Gasteiger charge is 2.40. The predicted molar refractivity (Wildman–Crippen MR) is 135 cm³/mol. The quantitative estimate of drug-likeness (QED) is 0.285. The number of benzene rings is 1. The van der Waals surface area contributed by atoms with E-state index in [0.717, 1.165) is 57.9 Å². The van der Waals surface area contributed by atoms with E-state index in [0.29, 0.717) is 24.0 Å². The highest BCUT2D eigenvalue weighted by molar-refractivity contribution is 7.80. The lowest BCUT2D eigenvalue weighted by Gasteiger charge is -2.38. The number of nitrogens with two attached hydrogens (primary N) is 1. The standard InChI is InChI=1S/C23H30N8O2S/c24-21(27-28-22(34)31-12-10-29(11-13-31)18-4-2-1-3-5-18)19-16-25-17-20(26-19)30-8-6-23(7-9-30)32-14-15-33-23/h1-5,16-17H,6-15H2,(H2,24,27)(H,28,34). The number of piperazine rings is 1. The molecule has 0 aliphatic carbocycles. The molecule has 1 spiro atoms. The van der Waals surface area contributed by atoms with Gasteiger partial charge in [0.15, 0.2) is 16.7 Å². The maximum Gasteiger partial charge on any atom is 0.189 e. The molecule has 1 aromatic heterocycles. The summed E-state index contributed by atoms with van der Waals surface area (Å²) in [4.78, 5) is 15.6. The van der Waals surface area contributed by atoms with Gasteiger partial charge in [-0.3, -0.25) is 10.4 Å². The molecule has 0 saturated carbocycles. The minimum atomic E-state index is -0.422. The fourth-order valence-corrected chi connectivity index (χ4v) is 4.76. The Hall–Kier alpha value is -3.02. The Kier molecular flexibility index (Phi) is 6.75. The van der Waals surface area contributed by atoms with Crippen molar-refractivity contribution in [2.45, 2.75) is 18.6 Å². The minimum absolute atomic E-state index is 0.246. The molecular weight excluding hydrogens is 452 g/mol. The third-order valence-corrected chi connectivity index (χ3v) is 6.86. The van der Waals surface area contributed by atoms with Crippen molar-refractivity contribution in [1.29, 1.82) is 0 Å². The zero-order valence-electron chi connectivity index (χ0n) is 19.1. The van der Waals surface area contributed by atoms with Crippen molar-refractivity contribution in [2.24, 2.45) is 10.8 Å². The maximum absolute atomic E-state index is 6.20. The third kappa shape index (κ3) is 5.06. The first-order valence-electron chi connectivity index (χ1n) is 11.7. The monoisotopic (exact) mass is 482 g/mol. The van der Waals surface area contributed by atoms with Crippen molar-refractivity contribution in [3.8, 4) is 0 Å². The molecule has 0 unspecified atom stereocenters. The number of aromatic nitrogens is 2. The van der Waals surface area contributed by atoms with Gasteiger partial charge >= 0.3 is 0 Å². The maximum atomic E-state index is 6.20. The molecule has 5 rings (SSSR count). The molecule has 4 heterocycles. The summed E-state index contributed by atoms with van der Waals surface area (Å²) in [6.07, 6.45) is 4.96. The molecule has 0 atom stereocenters. The van der Waals surface area contributed by atoms with Crippen molar-refractivity contribution in [2.75, 3.05) is 62.3 Å². The molecule has 3 saturated heterocycles. The molecule has 0 radical (unpaired) electrons. The first-order chi connectivity index (χ1) is 16.6. The number of hydrogen-bond donors (Lipinski definition) is 2. The Balaban J connectivity index is 1.14. The molecule has 180 valence electrons. The summed E-state index contributed by atoms with van der Waals surface area (Å²) < 4.78 is 11.6. The number of nitrogens with one attached hydrogen (secondary N) is 1. The van der Waals surface area contributed by atoms with Gasteiger partial charge in [0.05, 0.1) is 25.6 Å². The average molecular weight is 483 g/mol. The third-order valence-electron chi connectivity index (χ3n) is 6.51. The Bertz CT molecular complexity index is 1010. The Morgan fingerprint density at radius 2 is 1.68 bits per heavy atom. The average Bonchev–Trinajstić information content (AvgIpc) is 3.36. The number of para-hydroxylation sites is 1. The van der Waals surface area contributed by atoms with E-state index in [1.165, 1.54) is 5.69 Å². The lowest BCUT2D eigenvalue weighted by atomic mass is 10.0. The zero-order valence-corrected chi connectivity index (χ0v) is 19.9. The van der Waals surface area contributed by atoms with E-state index < -0.39 is 5.79 Å². The van der Waals surface area contributed by atoms with Crippen LogP contribution in [-0.2, 0) is 9.47 Å². The van der Waals surface area contributed by atoms with Gasteiger partial charge in [0, 0.05) is 57.8 Å². The van der Waals surface area contributed by atoms with Crippen LogP contribution in [0.1, 0.15) is 18.5 Å². The van der Waals surface area contributed by atoms with E-state index in [4.69, 9.17) is 27.4 Å². The number of hydrogen-bond acceptors (Lipinski definition) is 8. The Morgan fingerprint density at radius 1 is 0.971 bits per heavy atom. The summed E-state index contributed by atoms with van der Waals surface area (Å²) >= 11 is 5.54. The summed E-state index contributed by atoms with van der Waals surface area (Å²) in [5.41, 5.74) is 10.9. The molecule has 0 bridgehead atoms. The van der Waals surface area contributed by atoms with E-state index in [9.17, 15) is 0 Å². The number of rotatable bonds is 4. The van der Waals surface area contributed by atoms with Gasteiger partial charge in [0.1, 0.15) is 11.5 Å². The summed E-state index contributed by atoms with van der Waals surface area (Å²) in [7, 11) is 0. The van der Waals surface area contributed by atoms with Crippen molar-refractivity contribution >= 4 is 34.7 Å². The number of piperidine rings is 1. The minimum Gasteiger partial charge on any atom is -0.380 e. The van der Waals surface area contributed by atoms with Crippen LogP contribution in [0, 0.1) is 0 Å². The van der Waals surface area contributed by atoms with Crippen LogP contribution in [-0.4, -0.2) is 84.1 Å². The van der Waals surface area contributed by atoms with Crippen LogP contribution in [0.3, 0.4) is 0 Å². The lowest BCUT2D eigenvalue weighted by molar-refractivity contribution is -0.169. The van der Waals surface area contributed by atoms with E-state index in [2.05, 4.69) is 59.5 Å². The SMILES string of the molecule is N/C(=N\NC(=S)N1CCN(c2ccccc2)CC1)c1cncc(N2CCC3(CC2)OCCO3)n1. The molecule has 3 aliphatic heterocycles. The summed E-state index contributed by atoms with van der Waals surface area (Å²) in [6.45, 7) is 6.32. The van der Waals surface area contributed by atoms with Crippen LogP contribution < -0.4 is 21.0 Å². The number of ether oxygens (including phenoxy) is 2. The first kappa shape index (κ1) is 22.8. The molecule has 1 aromatic carbocycles. The summed E-state index contributed by atoms with van der Waals surface area (Å²) in [5.74, 6) is 0.590. The van der Waals surface area contributed by atoms with E-state index in [-0.39, 0.29) is 5.84 Å². The van der Waals surface area contributed by atoms with Gasteiger partial charge in [-0.2, -0.15) is 5.10 Å². The molecule has 11 heteroatoms. The molecule has 10 nitrogen and oxygen atoms in total. The second-order valence-corrected chi connectivity index (χ2v) is 8.97. The number of nitrogens with zero attached hydrogens (tertiary/aromatic N) is 6. The fraction of sp³-hybridized carbons (Fsp3) is 0.478. The van der Waals surface area contributed by atoms with Gasteiger partial charge in [-0.15, -0.1) is 0 Å². The normalized spacial score (nSPS) is 20.6. The summed E-state index contributed by atoms with van der Waals surface area (Å²) in [5, 5.41) is 4.83. The van der Waals surface area contributed by atoms with Crippen molar-refractivity contribution in [1.82, 2.24) is 20.3 Å². The smallest absolute Gasteiger partial charge is 0.189 e. The van der Waals surface area contributed by atoms with Crippen LogP contribution in [0.2, 0.25) is 0 Å². The molecule has 2 aromatic rings. The molecular formula is C23H30N8O2S. The molecule has 0 amide bonds. The van der Waals surface area contributed by atoms with Gasteiger partial charge in [-0.1, -0.05) is 18.2 Å². The largest absolute Gasteiger partial charge is 0.380 e. The summed E-state index contributed by atoms with van der Waals surface area (Å²) in [6, 6.07) is 10.4. The number of anilines is 2. The predicted octanol–water partition coefficient (Wildman–Crippen LogP) is 1.14. The van der Waals surface area contributed by atoms with Gasteiger partial charge in [0.2, 0.25) is 0 Å². The number of hydrazone groups is 1. The number of amidine groups is 1. The zero-order chi connectivity index (χ0) is 23.4. The van der Waals surface area contributed by atoms with E-state index in [1.54, 1.807) is 12.4 Å². The van der Waals surface area contributed by atoms with Crippen LogP contribution in [0.4, 0.5) is 11.5 Å². The molecule has 3 N–H and O–H groups in total. The number of thiocarbonyl (C=S) groups is 1. The first-order valence-corrected chi connectivity index (χ1v) is 12.1. The highest BCUT2D eigenvalue weighted by Crippen LogP contribution is 2.32. The van der Waals surface area contributed by atoms with Crippen LogP contribution in [0.15, 0.2) is 47.8 Å². The van der Waals surface area contributed by atoms with Gasteiger partial charge in [-0.25, -0.2) is 4.98 Å².